The van der Waals surface area contributed by atoms with Crippen LogP contribution in [0.1, 0.15) is 24.8 Å². The molecule has 0 spiro atoms. The van der Waals surface area contributed by atoms with Gasteiger partial charge in [-0.3, -0.25) is 9.63 Å². The van der Waals surface area contributed by atoms with Crippen LogP contribution in [0.15, 0.2) is 30.3 Å². The first-order valence-corrected chi connectivity index (χ1v) is 9.88. The van der Waals surface area contributed by atoms with Crippen molar-refractivity contribution >= 4 is 25.5 Å². The third-order valence-corrected chi connectivity index (χ3v) is 5.79. The molecule has 1 N–H and O–H groups in total. The summed E-state index contributed by atoms with van der Waals surface area (Å²) < 4.78 is 0. The van der Waals surface area contributed by atoms with Gasteiger partial charge in [0.05, 0.1) is 12.2 Å². The molecule has 1 aromatic rings. The van der Waals surface area contributed by atoms with Crippen molar-refractivity contribution in [3.63, 3.8) is 0 Å². The summed E-state index contributed by atoms with van der Waals surface area (Å²) in [7, 11) is 0.399. The molecule has 0 saturated carbocycles. The van der Waals surface area contributed by atoms with Crippen molar-refractivity contribution in [1.29, 1.82) is 0 Å². The number of hydroxylamine groups is 2. The first kappa shape index (κ1) is 19.0. The molecule has 148 valence electrons. The lowest BCUT2D eigenvalue weighted by Gasteiger charge is -2.30. The molecular weight excluding hydrogens is 359 g/mol. The molecule has 3 aliphatic heterocycles. The van der Waals surface area contributed by atoms with Crippen LogP contribution in [0, 0.1) is 0 Å². The summed E-state index contributed by atoms with van der Waals surface area (Å²) in [5, 5.41) is 4.51. The lowest BCUT2D eigenvalue weighted by molar-refractivity contribution is -0.140. The van der Waals surface area contributed by atoms with Crippen molar-refractivity contribution in [2.24, 2.45) is 0 Å². The quantitative estimate of drug-likeness (QED) is 0.534. The van der Waals surface area contributed by atoms with E-state index < -0.39 is 6.04 Å². The van der Waals surface area contributed by atoms with Crippen LogP contribution in [0.3, 0.4) is 0 Å². The Balaban J connectivity index is 1.32. The van der Waals surface area contributed by atoms with Crippen LogP contribution in [0.5, 0.6) is 0 Å². The summed E-state index contributed by atoms with van der Waals surface area (Å²) in [5.41, 5.74) is 1.00. The Labute approximate surface area is 165 Å². The van der Waals surface area contributed by atoms with Gasteiger partial charge in [-0.05, 0) is 31.4 Å². The van der Waals surface area contributed by atoms with Gasteiger partial charge in [0.1, 0.15) is 12.6 Å². The first-order valence-electron chi connectivity index (χ1n) is 9.88. The molecule has 0 unspecified atom stereocenters. The Morgan fingerprint density at radius 1 is 1.21 bits per heavy atom. The fourth-order valence-corrected chi connectivity index (χ4v) is 4.31. The van der Waals surface area contributed by atoms with Crippen LogP contribution in [-0.4, -0.2) is 78.1 Å². The Morgan fingerprint density at radius 3 is 2.82 bits per heavy atom. The van der Waals surface area contributed by atoms with Gasteiger partial charge in [-0.25, -0.2) is 4.79 Å². The standard InChI is InChI=1S/C19H25BN4O4/c25-13-20-22-9-8-15(10-22)21-18(26)17-7-6-16-11-23(17)19(27)24(16)28-12-14-4-2-1-3-5-14/h1-5,13,15-17,20H,6-12H2,(H,21,26)/t15-,16+,17-/m0/s1. The van der Waals surface area contributed by atoms with Gasteiger partial charge in [-0.2, -0.15) is 5.06 Å². The molecule has 0 aliphatic carbocycles. The zero-order chi connectivity index (χ0) is 19.5. The minimum Gasteiger partial charge on any atom is -0.350 e. The Hall–Kier alpha value is -2.39. The van der Waals surface area contributed by atoms with E-state index in [9.17, 15) is 14.4 Å². The molecule has 4 rings (SSSR count). The monoisotopic (exact) mass is 384 g/mol. The Kier molecular flexibility index (Phi) is 5.63. The van der Waals surface area contributed by atoms with Crippen LogP contribution in [0.2, 0.25) is 0 Å². The van der Waals surface area contributed by atoms with Gasteiger partial charge in [0, 0.05) is 19.1 Å². The molecule has 3 fully saturated rings. The Morgan fingerprint density at radius 2 is 2.04 bits per heavy atom. The number of nitrogens with zero attached hydrogens (tertiary/aromatic N) is 3. The summed E-state index contributed by atoms with van der Waals surface area (Å²) in [6, 6.07) is 9.08. The number of nitrogens with one attached hydrogen (secondary N) is 1. The molecule has 3 aliphatic rings. The normalized spacial score (nSPS) is 27.1. The molecule has 0 radical (unpaired) electrons. The summed E-state index contributed by atoms with van der Waals surface area (Å²) in [6.07, 6.45) is 3.10. The van der Waals surface area contributed by atoms with Crippen molar-refractivity contribution in [1.82, 2.24) is 20.1 Å². The predicted octanol–water partition coefficient (Wildman–Crippen LogP) is 0.119. The minimum absolute atomic E-state index is 0.00479. The number of benzene rings is 1. The minimum atomic E-state index is -0.450. The SMILES string of the molecule is O=CBN1CC[C@H](NC(=O)[C@@H]2CC[C@@H]3CN2C(=O)N3OCc2ccccc2)C1. The average molecular weight is 384 g/mol. The second-order valence-corrected chi connectivity index (χ2v) is 7.69. The number of urea groups is 1. The fourth-order valence-electron chi connectivity index (χ4n) is 4.31. The van der Waals surface area contributed by atoms with E-state index in [1.807, 2.05) is 35.1 Å². The van der Waals surface area contributed by atoms with E-state index in [2.05, 4.69) is 5.32 Å². The molecule has 3 saturated heterocycles. The van der Waals surface area contributed by atoms with E-state index in [1.165, 1.54) is 5.06 Å². The maximum absolute atomic E-state index is 12.8. The fraction of sp³-hybridized carbons (Fsp3) is 0.526. The number of amides is 3. The van der Waals surface area contributed by atoms with Crippen molar-refractivity contribution in [3.8, 4) is 0 Å². The van der Waals surface area contributed by atoms with Gasteiger partial charge in [0.15, 0.2) is 0 Å². The lowest BCUT2D eigenvalue weighted by atomic mass is 9.96. The number of carbonyl (C=O) groups excluding carboxylic acids is 3. The van der Waals surface area contributed by atoms with Gasteiger partial charge in [0.2, 0.25) is 5.91 Å². The molecular formula is C19H25BN4O4. The maximum atomic E-state index is 12.8. The third kappa shape index (κ3) is 3.90. The van der Waals surface area contributed by atoms with Gasteiger partial charge in [0.25, 0.3) is 7.41 Å². The highest BCUT2D eigenvalue weighted by molar-refractivity contribution is 6.64. The van der Waals surface area contributed by atoms with Gasteiger partial charge in [-0.15, -0.1) is 0 Å². The van der Waals surface area contributed by atoms with Crippen LogP contribution in [0.4, 0.5) is 4.79 Å². The zero-order valence-electron chi connectivity index (χ0n) is 15.8. The van der Waals surface area contributed by atoms with Crippen LogP contribution < -0.4 is 5.32 Å². The third-order valence-electron chi connectivity index (χ3n) is 5.79. The maximum Gasteiger partial charge on any atom is 0.345 e. The van der Waals surface area contributed by atoms with Crippen LogP contribution in [-0.2, 0) is 21.0 Å². The van der Waals surface area contributed by atoms with Crippen molar-refractivity contribution in [2.75, 3.05) is 19.6 Å². The van der Waals surface area contributed by atoms with E-state index >= 15 is 0 Å². The van der Waals surface area contributed by atoms with Crippen LogP contribution >= 0.6 is 0 Å². The second-order valence-electron chi connectivity index (χ2n) is 7.69. The van der Waals surface area contributed by atoms with Crippen molar-refractivity contribution < 1.29 is 19.2 Å². The van der Waals surface area contributed by atoms with E-state index in [1.54, 1.807) is 4.90 Å². The number of rotatable bonds is 7. The number of carbonyl (C=O) groups is 3. The van der Waals surface area contributed by atoms with Gasteiger partial charge in [-0.1, -0.05) is 30.3 Å². The highest BCUT2D eigenvalue weighted by atomic mass is 16.7. The highest BCUT2D eigenvalue weighted by Gasteiger charge is 2.48. The number of piperidine rings is 1. The summed E-state index contributed by atoms with van der Waals surface area (Å²) in [4.78, 5) is 45.7. The van der Waals surface area contributed by atoms with Crippen molar-refractivity contribution in [3.05, 3.63) is 35.9 Å². The molecule has 1 aromatic carbocycles. The zero-order valence-corrected chi connectivity index (χ0v) is 15.8. The molecule has 3 atom stereocenters. The summed E-state index contributed by atoms with van der Waals surface area (Å²) >= 11 is 0. The highest BCUT2D eigenvalue weighted by Crippen LogP contribution is 2.30. The molecule has 3 amide bonds. The predicted molar refractivity (Wildman–Crippen MR) is 104 cm³/mol. The summed E-state index contributed by atoms with van der Waals surface area (Å²) in [5.74, 6) is -0.102. The number of hydrogen-bond donors (Lipinski definition) is 1. The second kappa shape index (κ2) is 8.32. The summed E-state index contributed by atoms with van der Waals surface area (Å²) in [6.45, 7) is 2.34. The topological polar surface area (TPSA) is 82.2 Å². The van der Waals surface area contributed by atoms with E-state index in [0.29, 0.717) is 33.5 Å². The molecule has 28 heavy (non-hydrogen) atoms. The molecule has 9 heteroatoms. The first-order chi connectivity index (χ1) is 13.7. The van der Waals surface area contributed by atoms with Gasteiger partial charge >= 0.3 is 6.03 Å². The number of fused-ring (bicyclic) bond motifs is 2. The van der Waals surface area contributed by atoms with E-state index in [-0.39, 0.29) is 24.0 Å². The molecule has 8 nitrogen and oxygen atoms in total. The largest absolute Gasteiger partial charge is 0.350 e. The van der Waals surface area contributed by atoms with E-state index in [0.717, 1.165) is 31.1 Å². The molecule has 3 heterocycles. The van der Waals surface area contributed by atoms with Gasteiger partial charge < -0.3 is 19.8 Å². The average Bonchev–Trinajstić information content (AvgIpc) is 3.24. The van der Waals surface area contributed by atoms with Crippen molar-refractivity contribution in [2.45, 2.75) is 44.0 Å². The van der Waals surface area contributed by atoms with Crippen LogP contribution in [0.25, 0.3) is 0 Å². The lowest BCUT2D eigenvalue weighted by Crippen LogP contribution is -2.52. The number of hydrogen-bond acceptors (Lipinski definition) is 5. The van der Waals surface area contributed by atoms with E-state index in [4.69, 9.17) is 4.84 Å². The molecule has 0 aromatic heterocycles. The Bertz CT molecular complexity index is 734. The smallest absolute Gasteiger partial charge is 0.345 e. The molecule has 2 bridgehead atoms.